The van der Waals surface area contributed by atoms with Gasteiger partial charge in [-0.1, -0.05) is 71.0 Å². The molecule has 7 heteroatoms. The smallest absolute Gasteiger partial charge is 0.331 e. The molecule has 0 bridgehead atoms. The van der Waals surface area contributed by atoms with Crippen LogP contribution in [-0.4, -0.2) is 60.0 Å². The fourth-order valence-corrected chi connectivity index (χ4v) is 3.68. The molecule has 0 heterocycles. The zero-order chi connectivity index (χ0) is 24.9. The Hall–Kier alpha value is -2.67. The second kappa shape index (κ2) is 10.8. The van der Waals surface area contributed by atoms with Crippen LogP contribution in [0.4, 0.5) is 0 Å². The minimum Gasteiger partial charge on any atom is -0.478 e. The topological polar surface area (TPSA) is 98.7 Å². The molecule has 1 rings (SSSR count). The van der Waals surface area contributed by atoms with E-state index >= 15 is 0 Å². The summed E-state index contributed by atoms with van der Waals surface area (Å²) in [6, 6.07) is 7.97. The van der Waals surface area contributed by atoms with Gasteiger partial charge in [-0.05, 0) is 31.9 Å². The van der Waals surface area contributed by atoms with Gasteiger partial charge in [0.1, 0.15) is 6.04 Å². The highest BCUT2D eigenvalue weighted by Crippen LogP contribution is 2.28. The van der Waals surface area contributed by atoms with E-state index in [1.807, 2.05) is 65.0 Å². The number of carboxylic acids is 1. The van der Waals surface area contributed by atoms with E-state index < -0.39 is 34.9 Å². The van der Waals surface area contributed by atoms with E-state index in [1.165, 1.54) is 17.9 Å². The van der Waals surface area contributed by atoms with E-state index in [1.54, 1.807) is 21.0 Å². The Balaban J connectivity index is 3.18. The highest BCUT2D eigenvalue weighted by molar-refractivity contribution is 5.91. The van der Waals surface area contributed by atoms with Crippen molar-refractivity contribution in [1.82, 2.24) is 15.5 Å². The maximum absolute atomic E-state index is 13.4. The quantitative estimate of drug-likeness (QED) is 0.508. The first-order valence-corrected chi connectivity index (χ1v) is 10.9. The number of aliphatic carboxylic acids is 1. The molecule has 178 valence electrons. The van der Waals surface area contributed by atoms with Crippen LogP contribution in [0.3, 0.4) is 0 Å². The van der Waals surface area contributed by atoms with Crippen LogP contribution >= 0.6 is 0 Å². The lowest BCUT2D eigenvalue weighted by atomic mass is 9.76. The molecule has 32 heavy (non-hydrogen) atoms. The molecular weight excluding hydrogens is 406 g/mol. The summed E-state index contributed by atoms with van der Waals surface area (Å²) < 4.78 is 0. The summed E-state index contributed by atoms with van der Waals surface area (Å²) in [5.41, 5.74) is 0.0922. The van der Waals surface area contributed by atoms with Crippen molar-refractivity contribution in [2.24, 2.45) is 5.41 Å². The highest BCUT2D eigenvalue weighted by atomic mass is 16.4. The Labute approximate surface area is 192 Å². The molecule has 0 aliphatic rings. The van der Waals surface area contributed by atoms with Crippen LogP contribution in [0.5, 0.6) is 0 Å². The van der Waals surface area contributed by atoms with E-state index in [9.17, 15) is 14.4 Å². The molecule has 0 aromatic heterocycles. The summed E-state index contributed by atoms with van der Waals surface area (Å²) >= 11 is 0. The lowest BCUT2D eigenvalue weighted by molar-refractivity contribution is -0.140. The molecule has 0 radical (unpaired) electrons. The number of carbonyl (C=O) groups is 3. The van der Waals surface area contributed by atoms with E-state index in [-0.39, 0.29) is 17.4 Å². The van der Waals surface area contributed by atoms with Gasteiger partial charge in [-0.2, -0.15) is 0 Å². The van der Waals surface area contributed by atoms with Crippen molar-refractivity contribution >= 4 is 17.8 Å². The second-order valence-electron chi connectivity index (χ2n) is 9.96. The Morgan fingerprint density at radius 2 is 1.56 bits per heavy atom. The van der Waals surface area contributed by atoms with Gasteiger partial charge in [-0.3, -0.25) is 9.59 Å². The number of carboxylic acid groups (broad SMARTS) is 1. The molecule has 1 aromatic carbocycles. The summed E-state index contributed by atoms with van der Waals surface area (Å²) in [5, 5.41) is 15.2. The minimum atomic E-state index is -1.03. The molecule has 0 fully saturated rings. The fraction of sp³-hybridized carbons (Fsp3) is 0.560. The molecule has 3 N–H and O–H groups in total. The van der Waals surface area contributed by atoms with Crippen molar-refractivity contribution < 1.29 is 19.5 Å². The number of likely N-dealkylation sites (N-methyl/N-ethyl adjacent to an activating group) is 2. The van der Waals surface area contributed by atoms with Gasteiger partial charge in [0.2, 0.25) is 11.8 Å². The van der Waals surface area contributed by atoms with Crippen molar-refractivity contribution in [3.63, 3.8) is 0 Å². The lowest BCUT2D eigenvalue weighted by Gasteiger charge is -2.38. The number of carbonyl (C=O) groups excluding carboxylic acids is 2. The summed E-state index contributed by atoms with van der Waals surface area (Å²) in [7, 11) is 3.35. The predicted molar refractivity (Wildman–Crippen MR) is 127 cm³/mol. The SMILES string of the molecule is CN[C@@H](C(=O)NC(C(=O)N(C)[C@@H](C)/C=C(\C)C(=O)O)C(C)(C)C)C(C)(C)c1ccccc1. The second-order valence-corrected chi connectivity index (χ2v) is 9.96. The number of nitrogens with zero attached hydrogens (tertiary/aromatic N) is 1. The van der Waals surface area contributed by atoms with Crippen LogP contribution in [0.2, 0.25) is 0 Å². The van der Waals surface area contributed by atoms with Crippen LogP contribution in [0.25, 0.3) is 0 Å². The van der Waals surface area contributed by atoms with Crippen molar-refractivity contribution in [3.05, 3.63) is 47.5 Å². The van der Waals surface area contributed by atoms with E-state index in [4.69, 9.17) is 5.11 Å². The normalized spacial score (nSPS) is 15.5. The summed E-state index contributed by atoms with van der Waals surface area (Å²) in [4.78, 5) is 39.4. The zero-order valence-corrected chi connectivity index (χ0v) is 20.8. The van der Waals surface area contributed by atoms with Crippen molar-refractivity contribution in [2.45, 2.75) is 72.0 Å². The monoisotopic (exact) mass is 445 g/mol. The van der Waals surface area contributed by atoms with Gasteiger partial charge >= 0.3 is 5.97 Å². The van der Waals surface area contributed by atoms with Crippen LogP contribution in [0.1, 0.15) is 54.0 Å². The molecule has 2 amide bonds. The summed E-state index contributed by atoms with van der Waals surface area (Å²) in [5.74, 6) is -1.58. The molecule has 7 nitrogen and oxygen atoms in total. The fourth-order valence-electron chi connectivity index (χ4n) is 3.68. The van der Waals surface area contributed by atoms with Crippen LogP contribution in [0, 0.1) is 5.41 Å². The number of rotatable bonds is 9. The number of benzene rings is 1. The van der Waals surface area contributed by atoms with Gasteiger partial charge in [-0.15, -0.1) is 0 Å². The van der Waals surface area contributed by atoms with Crippen LogP contribution in [-0.2, 0) is 19.8 Å². The summed E-state index contributed by atoms with van der Waals surface area (Å²) in [6.07, 6.45) is 1.52. The predicted octanol–water partition coefficient (Wildman–Crippen LogP) is 2.96. The third-order valence-corrected chi connectivity index (χ3v) is 5.98. The maximum Gasteiger partial charge on any atom is 0.331 e. The van der Waals surface area contributed by atoms with E-state index in [0.717, 1.165) is 5.56 Å². The van der Waals surface area contributed by atoms with Gasteiger partial charge in [0.05, 0.1) is 6.04 Å². The molecule has 0 saturated heterocycles. The van der Waals surface area contributed by atoms with Gasteiger partial charge in [0, 0.05) is 24.1 Å². The number of nitrogens with one attached hydrogen (secondary N) is 2. The third-order valence-electron chi connectivity index (χ3n) is 5.98. The van der Waals surface area contributed by atoms with E-state index in [0.29, 0.717) is 0 Å². The zero-order valence-electron chi connectivity index (χ0n) is 20.8. The third kappa shape index (κ3) is 6.66. The largest absolute Gasteiger partial charge is 0.478 e. The average Bonchev–Trinajstić information content (AvgIpc) is 2.70. The number of hydrogen-bond donors (Lipinski definition) is 3. The van der Waals surface area contributed by atoms with Gasteiger partial charge in [-0.25, -0.2) is 4.79 Å². The van der Waals surface area contributed by atoms with Crippen molar-refractivity contribution in [3.8, 4) is 0 Å². The van der Waals surface area contributed by atoms with Crippen LogP contribution < -0.4 is 10.6 Å². The van der Waals surface area contributed by atoms with Crippen LogP contribution in [0.15, 0.2) is 42.0 Å². The van der Waals surface area contributed by atoms with Gasteiger partial charge in [0.15, 0.2) is 0 Å². The van der Waals surface area contributed by atoms with Gasteiger partial charge < -0.3 is 20.6 Å². The molecule has 0 spiro atoms. The number of hydrogen-bond acceptors (Lipinski definition) is 4. The van der Waals surface area contributed by atoms with Gasteiger partial charge in [0.25, 0.3) is 0 Å². The first-order chi connectivity index (χ1) is 14.6. The first kappa shape index (κ1) is 27.4. The first-order valence-electron chi connectivity index (χ1n) is 10.9. The Kier molecular flexibility index (Phi) is 9.21. The Morgan fingerprint density at radius 3 is 2.00 bits per heavy atom. The van der Waals surface area contributed by atoms with Crippen molar-refractivity contribution in [2.75, 3.05) is 14.1 Å². The Morgan fingerprint density at radius 1 is 1.03 bits per heavy atom. The maximum atomic E-state index is 13.4. The number of amides is 2. The molecular formula is C25H39N3O4. The average molecular weight is 446 g/mol. The highest BCUT2D eigenvalue weighted by Gasteiger charge is 2.41. The van der Waals surface area contributed by atoms with E-state index in [2.05, 4.69) is 10.6 Å². The molecule has 0 aliphatic heterocycles. The Bertz CT molecular complexity index is 840. The molecule has 1 unspecified atom stereocenters. The van der Waals surface area contributed by atoms with Crippen molar-refractivity contribution in [1.29, 1.82) is 0 Å². The lowest BCUT2D eigenvalue weighted by Crippen LogP contribution is -2.61. The molecule has 3 atom stereocenters. The minimum absolute atomic E-state index is 0.161. The molecule has 0 saturated carbocycles. The molecule has 1 aromatic rings. The molecule has 0 aliphatic carbocycles. The standard InChI is InChI=1S/C25H39N3O4/c1-16(23(31)32)15-17(2)28(9)22(30)20(24(3,4)5)27-21(29)19(26-8)25(6,7)18-13-11-10-12-14-18/h10-15,17,19-20,26H,1-9H3,(H,27,29)(H,31,32)/b16-15+/t17-,19-,20?/m0/s1. The summed E-state index contributed by atoms with van der Waals surface area (Å²) in [6.45, 7) is 12.9.